The van der Waals surface area contributed by atoms with Crippen LogP contribution in [-0.4, -0.2) is 5.11 Å². The Bertz CT molecular complexity index is 791. The van der Waals surface area contributed by atoms with Crippen molar-refractivity contribution in [1.29, 1.82) is 0 Å². The smallest absolute Gasteiger partial charge is 0.123 e. The quantitative estimate of drug-likeness (QED) is 0.752. The highest BCUT2D eigenvalue weighted by atomic mass is 16.3. The van der Waals surface area contributed by atoms with Crippen molar-refractivity contribution in [3.05, 3.63) is 71.3 Å². The minimum absolute atomic E-state index is 0.00760. The second kappa shape index (κ2) is 5.17. The summed E-state index contributed by atoms with van der Waals surface area (Å²) in [4.78, 5) is 0. The second-order valence-corrected chi connectivity index (χ2v) is 6.44. The van der Waals surface area contributed by atoms with Crippen LogP contribution in [0.25, 0.3) is 16.7 Å². The molecule has 0 aromatic heterocycles. The summed E-state index contributed by atoms with van der Waals surface area (Å²) in [6, 6.07) is 14.0. The van der Waals surface area contributed by atoms with E-state index in [4.69, 9.17) is 0 Å². The molecule has 112 valence electrons. The Morgan fingerprint density at radius 2 is 1.73 bits per heavy atom. The molecule has 1 nitrogen and oxygen atoms in total. The third-order valence-corrected chi connectivity index (χ3v) is 4.72. The van der Waals surface area contributed by atoms with E-state index >= 15 is 0 Å². The van der Waals surface area contributed by atoms with E-state index in [1.807, 2.05) is 18.2 Å². The molecule has 1 N–H and O–H groups in total. The zero-order valence-corrected chi connectivity index (χ0v) is 13.6. The lowest BCUT2D eigenvalue weighted by molar-refractivity contribution is 0.477. The van der Waals surface area contributed by atoms with Crippen LogP contribution in [0.3, 0.4) is 0 Å². The number of allylic oxidation sites excluding steroid dienone is 4. The van der Waals surface area contributed by atoms with Crippen molar-refractivity contribution in [3.63, 3.8) is 0 Å². The number of phenolic OH excluding ortho intramolecular Hbond substituents is 1. The molecule has 0 heterocycles. The first-order chi connectivity index (χ1) is 10.5. The Morgan fingerprint density at radius 3 is 2.41 bits per heavy atom. The van der Waals surface area contributed by atoms with E-state index < -0.39 is 0 Å². The summed E-state index contributed by atoms with van der Waals surface area (Å²) in [6.45, 7) is 8.80. The molecule has 0 fully saturated rings. The van der Waals surface area contributed by atoms with Gasteiger partial charge < -0.3 is 5.11 Å². The fraction of sp³-hybridized carbons (Fsp3) is 0.238. The number of hydrogen-bond acceptors (Lipinski definition) is 1. The van der Waals surface area contributed by atoms with E-state index in [1.54, 1.807) is 6.07 Å². The summed E-state index contributed by atoms with van der Waals surface area (Å²) in [5.74, 6) is 0.330. The SMILES string of the molecule is CC=CC1=C(C)c2ccc(-c3ccccc3O)cc2C1(C)C. The molecule has 1 aliphatic carbocycles. The monoisotopic (exact) mass is 290 g/mol. The van der Waals surface area contributed by atoms with Crippen LogP contribution in [-0.2, 0) is 5.41 Å². The Labute approximate surface area is 132 Å². The van der Waals surface area contributed by atoms with Crippen molar-refractivity contribution < 1.29 is 5.11 Å². The van der Waals surface area contributed by atoms with Crippen LogP contribution in [0.4, 0.5) is 0 Å². The first kappa shape index (κ1) is 14.6. The van der Waals surface area contributed by atoms with Gasteiger partial charge in [0.15, 0.2) is 0 Å². The number of para-hydroxylation sites is 1. The Hall–Kier alpha value is -2.28. The van der Waals surface area contributed by atoms with E-state index in [-0.39, 0.29) is 5.41 Å². The van der Waals surface area contributed by atoms with Gasteiger partial charge >= 0.3 is 0 Å². The van der Waals surface area contributed by atoms with Crippen molar-refractivity contribution >= 4 is 5.57 Å². The molecular weight excluding hydrogens is 268 g/mol. The third kappa shape index (κ3) is 2.09. The summed E-state index contributed by atoms with van der Waals surface area (Å²) >= 11 is 0. The average molecular weight is 290 g/mol. The van der Waals surface area contributed by atoms with Gasteiger partial charge in [0.25, 0.3) is 0 Å². The number of hydrogen-bond donors (Lipinski definition) is 1. The predicted octanol–water partition coefficient (Wildman–Crippen LogP) is 5.70. The Morgan fingerprint density at radius 1 is 1.00 bits per heavy atom. The van der Waals surface area contributed by atoms with Crippen molar-refractivity contribution in [1.82, 2.24) is 0 Å². The van der Waals surface area contributed by atoms with Crippen LogP contribution in [0.5, 0.6) is 5.75 Å². The molecule has 22 heavy (non-hydrogen) atoms. The number of aromatic hydroxyl groups is 1. The first-order valence-corrected chi connectivity index (χ1v) is 7.74. The lowest BCUT2D eigenvalue weighted by Gasteiger charge is -2.23. The molecule has 1 aliphatic rings. The maximum atomic E-state index is 10.1. The third-order valence-electron chi connectivity index (χ3n) is 4.72. The fourth-order valence-corrected chi connectivity index (χ4v) is 3.53. The van der Waals surface area contributed by atoms with Gasteiger partial charge in [-0.3, -0.25) is 0 Å². The first-order valence-electron chi connectivity index (χ1n) is 7.74. The van der Waals surface area contributed by atoms with Gasteiger partial charge in [-0.05, 0) is 53.8 Å². The molecule has 1 heteroatoms. The molecule has 0 bridgehead atoms. The van der Waals surface area contributed by atoms with Crippen LogP contribution < -0.4 is 0 Å². The van der Waals surface area contributed by atoms with E-state index in [0.29, 0.717) is 5.75 Å². The van der Waals surface area contributed by atoms with Gasteiger partial charge in [0.05, 0.1) is 0 Å². The molecule has 0 saturated heterocycles. The van der Waals surface area contributed by atoms with Crippen molar-refractivity contribution in [2.24, 2.45) is 0 Å². The number of phenols is 1. The minimum Gasteiger partial charge on any atom is -0.507 e. The number of benzene rings is 2. The predicted molar refractivity (Wildman–Crippen MR) is 94.0 cm³/mol. The van der Waals surface area contributed by atoms with Gasteiger partial charge in [-0.1, -0.05) is 56.3 Å². The summed E-state index contributed by atoms with van der Waals surface area (Å²) < 4.78 is 0. The van der Waals surface area contributed by atoms with Crippen molar-refractivity contribution in [2.45, 2.75) is 33.1 Å². The molecule has 0 aliphatic heterocycles. The summed E-state index contributed by atoms with van der Waals surface area (Å²) in [5.41, 5.74) is 7.32. The summed E-state index contributed by atoms with van der Waals surface area (Å²) in [6.07, 6.45) is 4.32. The minimum atomic E-state index is -0.00760. The van der Waals surface area contributed by atoms with Crippen molar-refractivity contribution in [2.75, 3.05) is 0 Å². The van der Waals surface area contributed by atoms with Crippen LogP contribution in [0, 0.1) is 0 Å². The van der Waals surface area contributed by atoms with Crippen LogP contribution in [0.1, 0.15) is 38.8 Å². The van der Waals surface area contributed by atoms with E-state index in [1.165, 1.54) is 22.3 Å². The normalized spacial score (nSPS) is 16.4. The lowest BCUT2D eigenvalue weighted by atomic mass is 9.80. The number of rotatable bonds is 2. The van der Waals surface area contributed by atoms with Gasteiger partial charge in [-0.25, -0.2) is 0 Å². The lowest BCUT2D eigenvalue weighted by Crippen LogP contribution is -2.16. The van der Waals surface area contributed by atoms with Gasteiger partial charge in [0, 0.05) is 11.0 Å². The molecule has 2 aromatic carbocycles. The number of fused-ring (bicyclic) bond motifs is 1. The van der Waals surface area contributed by atoms with Crippen LogP contribution >= 0.6 is 0 Å². The van der Waals surface area contributed by atoms with E-state index in [0.717, 1.165) is 11.1 Å². The largest absolute Gasteiger partial charge is 0.507 e. The molecule has 0 spiro atoms. The molecular formula is C21H22O. The molecule has 0 radical (unpaired) electrons. The second-order valence-electron chi connectivity index (χ2n) is 6.44. The van der Waals surface area contributed by atoms with Crippen LogP contribution in [0.15, 0.2) is 60.2 Å². The van der Waals surface area contributed by atoms with Gasteiger partial charge in [0.2, 0.25) is 0 Å². The summed E-state index contributed by atoms with van der Waals surface area (Å²) in [5, 5.41) is 10.1. The van der Waals surface area contributed by atoms with E-state index in [2.05, 4.69) is 58.0 Å². The average Bonchev–Trinajstić information content (AvgIpc) is 2.69. The Balaban J connectivity index is 2.17. The van der Waals surface area contributed by atoms with Crippen molar-refractivity contribution in [3.8, 4) is 16.9 Å². The van der Waals surface area contributed by atoms with E-state index in [9.17, 15) is 5.11 Å². The zero-order valence-electron chi connectivity index (χ0n) is 13.6. The maximum absolute atomic E-state index is 10.1. The van der Waals surface area contributed by atoms with Gasteiger partial charge in [-0.15, -0.1) is 0 Å². The van der Waals surface area contributed by atoms with Gasteiger partial charge in [0.1, 0.15) is 5.75 Å². The molecule has 2 aromatic rings. The zero-order chi connectivity index (χ0) is 15.9. The highest BCUT2D eigenvalue weighted by Crippen LogP contribution is 2.48. The molecule has 0 atom stereocenters. The Kier molecular flexibility index (Phi) is 3.44. The highest BCUT2D eigenvalue weighted by Gasteiger charge is 2.34. The molecule has 3 rings (SSSR count). The standard InChI is InChI=1S/C21H22O/c1-5-8-18-14(2)16-12-11-15(13-19(16)21(18,3)4)17-9-6-7-10-20(17)22/h5-13,22H,1-4H3. The molecule has 0 saturated carbocycles. The highest BCUT2D eigenvalue weighted by molar-refractivity contribution is 5.84. The van der Waals surface area contributed by atoms with Gasteiger partial charge in [-0.2, -0.15) is 0 Å². The topological polar surface area (TPSA) is 20.2 Å². The molecule has 0 amide bonds. The van der Waals surface area contributed by atoms with Crippen LogP contribution in [0.2, 0.25) is 0 Å². The maximum Gasteiger partial charge on any atom is 0.123 e. The fourth-order valence-electron chi connectivity index (χ4n) is 3.53. The molecule has 0 unspecified atom stereocenters. The summed E-state index contributed by atoms with van der Waals surface area (Å²) in [7, 11) is 0.